The van der Waals surface area contributed by atoms with Crippen molar-refractivity contribution < 1.29 is 34.8 Å². The molecule has 0 unspecified atom stereocenters. The molecular formula is C14H30O7. The average Bonchev–Trinajstić information content (AvgIpc) is 2.30. The summed E-state index contributed by atoms with van der Waals surface area (Å²) in [5, 5.41) is 31.3. The summed E-state index contributed by atoms with van der Waals surface area (Å²) in [5.74, 6) is -2.13. The lowest BCUT2D eigenvalue weighted by molar-refractivity contribution is -0.138. The van der Waals surface area contributed by atoms with Gasteiger partial charge in [-0.25, -0.2) is 0 Å². The molecule has 0 bridgehead atoms. The Morgan fingerprint density at radius 2 is 0.762 bits per heavy atom. The minimum absolute atomic E-state index is 0.250. The third-order valence-corrected chi connectivity index (χ3v) is 1.39. The Balaban J connectivity index is -0.0000000944. The maximum absolute atomic E-state index is 9.60. The van der Waals surface area contributed by atoms with Crippen molar-refractivity contribution in [2.45, 2.75) is 66.2 Å². The first-order chi connectivity index (χ1) is 9.72. The van der Waals surface area contributed by atoms with Crippen LogP contribution >= 0.6 is 0 Å². The summed E-state index contributed by atoms with van der Waals surface area (Å²) in [7, 11) is 0. The maximum Gasteiger partial charge on any atom is 0.303 e. The topological polar surface area (TPSA) is 132 Å². The first-order valence-corrected chi connectivity index (χ1v) is 6.99. The highest BCUT2D eigenvalue weighted by atomic mass is 16.4. The molecule has 0 saturated heterocycles. The van der Waals surface area contributed by atoms with Crippen molar-refractivity contribution in [3.05, 3.63) is 0 Å². The van der Waals surface area contributed by atoms with Gasteiger partial charge in [0.05, 0.1) is 0 Å². The van der Waals surface area contributed by atoms with E-state index in [-0.39, 0.29) is 6.61 Å². The Morgan fingerprint density at radius 1 is 0.619 bits per heavy atom. The van der Waals surface area contributed by atoms with Gasteiger partial charge >= 0.3 is 17.9 Å². The number of carboxylic acid groups (broad SMARTS) is 3. The number of carboxylic acids is 3. The zero-order chi connectivity index (χ0) is 17.7. The van der Waals surface area contributed by atoms with E-state index in [4.69, 9.17) is 20.4 Å². The van der Waals surface area contributed by atoms with Crippen molar-refractivity contribution in [1.29, 1.82) is 0 Å². The predicted octanol–water partition coefficient (Wildman–Crippen LogP) is 2.61. The molecule has 0 aliphatic carbocycles. The van der Waals surface area contributed by atoms with E-state index in [0.717, 1.165) is 19.3 Å². The molecule has 0 saturated carbocycles. The van der Waals surface area contributed by atoms with Crippen LogP contribution in [0.3, 0.4) is 0 Å². The number of hydrogen-bond acceptors (Lipinski definition) is 4. The Bertz CT molecular complexity index is 201. The van der Waals surface area contributed by atoms with E-state index >= 15 is 0 Å². The summed E-state index contributed by atoms with van der Waals surface area (Å²) in [4.78, 5) is 28.8. The van der Waals surface area contributed by atoms with Crippen LogP contribution in [0.2, 0.25) is 0 Å². The molecule has 21 heavy (non-hydrogen) atoms. The normalized spacial score (nSPS) is 7.86. The molecule has 128 valence electrons. The fraction of sp³-hybridized carbons (Fsp3) is 0.786. The van der Waals surface area contributed by atoms with Crippen molar-refractivity contribution in [3.8, 4) is 0 Å². The van der Waals surface area contributed by atoms with Gasteiger partial charge in [-0.15, -0.1) is 0 Å². The van der Waals surface area contributed by atoms with Crippen molar-refractivity contribution in [1.82, 2.24) is 0 Å². The molecular weight excluding hydrogens is 280 g/mol. The maximum atomic E-state index is 9.60. The summed E-state index contributed by atoms with van der Waals surface area (Å²) >= 11 is 0. The van der Waals surface area contributed by atoms with Gasteiger partial charge in [-0.3, -0.25) is 14.4 Å². The van der Waals surface area contributed by atoms with Gasteiger partial charge in [0.2, 0.25) is 0 Å². The summed E-state index contributed by atoms with van der Waals surface area (Å²) in [6.45, 7) is 7.45. The van der Waals surface area contributed by atoms with Gasteiger partial charge in [0, 0.05) is 25.9 Å². The molecule has 0 rings (SSSR count). The first-order valence-electron chi connectivity index (χ1n) is 6.99. The molecule has 0 spiro atoms. The Hall–Kier alpha value is -1.63. The molecule has 0 radical (unpaired) electrons. The first kappa shape index (κ1) is 27.7. The van der Waals surface area contributed by atoms with Crippen molar-refractivity contribution in [2.24, 2.45) is 0 Å². The lowest BCUT2D eigenvalue weighted by Crippen LogP contribution is -1.90. The monoisotopic (exact) mass is 310 g/mol. The lowest BCUT2D eigenvalue weighted by atomic mass is 10.4. The number of carbonyl (C=O) groups is 3. The van der Waals surface area contributed by atoms with Crippen LogP contribution in [0.5, 0.6) is 0 Å². The fourth-order valence-corrected chi connectivity index (χ4v) is 0.642. The smallest absolute Gasteiger partial charge is 0.303 e. The Kier molecular flexibility index (Phi) is 35.4. The van der Waals surface area contributed by atoms with Crippen LogP contribution in [0.1, 0.15) is 66.2 Å². The molecule has 0 heterocycles. The van der Waals surface area contributed by atoms with Crippen LogP contribution in [-0.2, 0) is 14.4 Å². The number of rotatable bonds is 6. The van der Waals surface area contributed by atoms with Gasteiger partial charge in [-0.2, -0.15) is 0 Å². The van der Waals surface area contributed by atoms with Crippen LogP contribution in [0.4, 0.5) is 0 Å². The van der Waals surface area contributed by atoms with Crippen molar-refractivity contribution in [3.63, 3.8) is 0 Å². The van der Waals surface area contributed by atoms with Gasteiger partial charge in [0.25, 0.3) is 0 Å². The molecule has 0 fully saturated rings. The number of aliphatic carboxylic acids is 3. The highest BCUT2D eigenvalue weighted by Gasteiger charge is 1.88. The van der Waals surface area contributed by atoms with Crippen molar-refractivity contribution >= 4 is 17.9 Å². The third kappa shape index (κ3) is 90.6. The highest BCUT2D eigenvalue weighted by molar-refractivity contribution is 5.67. The fourth-order valence-electron chi connectivity index (χ4n) is 0.642. The Morgan fingerprint density at radius 3 is 0.762 bits per heavy atom. The van der Waals surface area contributed by atoms with Crippen LogP contribution in [0.25, 0.3) is 0 Å². The summed E-state index contributed by atoms with van der Waals surface area (Å²) in [5.41, 5.74) is 0. The van der Waals surface area contributed by atoms with Crippen LogP contribution < -0.4 is 0 Å². The zero-order valence-corrected chi connectivity index (χ0v) is 13.5. The molecule has 0 aromatic rings. The van der Waals surface area contributed by atoms with Crippen LogP contribution in [-0.4, -0.2) is 44.9 Å². The quantitative estimate of drug-likeness (QED) is 0.592. The zero-order valence-electron chi connectivity index (χ0n) is 13.5. The van der Waals surface area contributed by atoms with Gasteiger partial charge in [-0.1, -0.05) is 20.8 Å². The van der Waals surface area contributed by atoms with E-state index < -0.39 is 17.9 Å². The summed E-state index contributed by atoms with van der Waals surface area (Å²) < 4.78 is 0. The van der Waals surface area contributed by atoms with E-state index in [0.29, 0.717) is 19.3 Å². The summed E-state index contributed by atoms with van der Waals surface area (Å²) in [6.07, 6.45) is 3.07. The minimum Gasteiger partial charge on any atom is -0.481 e. The molecule has 0 aliphatic rings. The molecule has 7 nitrogen and oxygen atoms in total. The third-order valence-electron chi connectivity index (χ3n) is 1.39. The molecule has 4 N–H and O–H groups in total. The van der Waals surface area contributed by atoms with E-state index in [1.807, 2.05) is 20.8 Å². The number of aliphatic hydroxyl groups excluding tert-OH is 1. The van der Waals surface area contributed by atoms with Gasteiger partial charge < -0.3 is 20.4 Å². The molecule has 0 atom stereocenters. The lowest BCUT2D eigenvalue weighted by Gasteiger charge is -1.79. The second-order valence-electron chi connectivity index (χ2n) is 3.75. The predicted molar refractivity (Wildman–Crippen MR) is 80.4 cm³/mol. The van der Waals surface area contributed by atoms with Crippen molar-refractivity contribution in [2.75, 3.05) is 6.61 Å². The molecule has 0 aliphatic heterocycles. The molecule has 0 amide bonds. The second kappa shape index (κ2) is 26.8. The van der Waals surface area contributed by atoms with Crippen LogP contribution in [0, 0.1) is 0 Å². The van der Waals surface area contributed by atoms with E-state index in [2.05, 4.69) is 0 Å². The summed E-state index contributed by atoms with van der Waals surface area (Å²) in [6, 6.07) is 0. The molecule has 0 aromatic heterocycles. The van der Waals surface area contributed by atoms with E-state index in [9.17, 15) is 14.4 Å². The molecule has 7 heteroatoms. The second-order valence-corrected chi connectivity index (χ2v) is 3.75. The number of aliphatic hydroxyl groups is 1. The number of hydrogen-bond donors (Lipinski definition) is 4. The average molecular weight is 310 g/mol. The highest BCUT2D eigenvalue weighted by Crippen LogP contribution is 1.83. The van der Waals surface area contributed by atoms with Gasteiger partial charge in [-0.05, 0) is 26.2 Å². The Labute approximate surface area is 126 Å². The van der Waals surface area contributed by atoms with Gasteiger partial charge in [0.1, 0.15) is 0 Å². The molecule has 0 aromatic carbocycles. The van der Waals surface area contributed by atoms with Gasteiger partial charge in [0.15, 0.2) is 0 Å². The van der Waals surface area contributed by atoms with E-state index in [1.54, 1.807) is 6.92 Å². The minimum atomic E-state index is -0.711. The SMILES string of the molecule is CCCC(=O)O.CCCC(=O)O.CCCC(=O)O.CCO. The largest absolute Gasteiger partial charge is 0.481 e. The van der Waals surface area contributed by atoms with Crippen LogP contribution in [0.15, 0.2) is 0 Å². The van der Waals surface area contributed by atoms with E-state index in [1.165, 1.54) is 0 Å². The standard InChI is InChI=1S/3C4H8O2.C2H6O/c3*1-2-3-4(5)6;1-2-3/h3*2-3H2,1H3,(H,5,6);3H,2H2,1H3.